The van der Waals surface area contributed by atoms with Crippen molar-refractivity contribution in [3.8, 4) is 11.5 Å². The van der Waals surface area contributed by atoms with Crippen molar-refractivity contribution in [3.05, 3.63) is 48.3 Å². The minimum Gasteiger partial charge on any atom is -0.490 e. The van der Waals surface area contributed by atoms with Crippen LogP contribution in [0.25, 0.3) is 0 Å². The van der Waals surface area contributed by atoms with Crippen molar-refractivity contribution < 1.29 is 49.7 Å². The summed E-state index contributed by atoms with van der Waals surface area (Å²) in [5.41, 5.74) is -0.510. The number of nitrogens with zero attached hydrogens (tertiary/aromatic N) is 3. The molecule has 4 atom stereocenters. The largest absolute Gasteiger partial charge is 0.490 e. The van der Waals surface area contributed by atoms with E-state index in [0.29, 0.717) is 30.9 Å². The van der Waals surface area contributed by atoms with Gasteiger partial charge in [0.2, 0.25) is 0 Å². The molecule has 2 aliphatic heterocycles. The van der Waals surface area contributed by atoms with Crippen LogP contribution in [0.4, 0.5) is 42.1 Å². The number of halogens is 7. The maximum absolute atomic E-state index is 14.5. The van der Waals surface area contributed by atoms with E-state index >= 15 is 0 Å². The summed E-state index contributed by atoms with van der Waals surface area (Å²) in [7, 11) is 1.16. The quantitative estimate of drug-likeness (QED) is 0.258. The van der Waals surface area contributed by atoms with Crippen molar-refractivity contribution in [2.24, 2.45) is 16.9 Å². The SMILES string of the molecule is COC(=O)C[C@H]1[C@H](C)C(C(F)(F)F)=NN1c1ccc(O[C@@H]2CCN(c3cc(OCC(F)(F)F)ccc3F)C[C@H]2C)cc1. The molecule has 230 valence electrons. The maximum Gasteiger partial charge on any atom is 0.431 e. The van der Waals surface area contributed by atoms with Crippen molar-refractivity contribution in [2.45, 2.75) is 51.2 Å². The van der Waals surface area contributed by atoms with Gasteiger partial charge in [-0.2, -0.15) is 31.4 Å². The Labute approximate surface area is 237 Å². The fraction of sp³-hybridized carbons (Fsp3) is 0.500. The average Bonchev–Trinajstić information content (AvgIpc) is 3.25. The number of hydrogen-bond donors (Lipinski definition) is 0. The number of hydrazone groups is 1. The number of ether oxygens (including phenoxy) is 3. The Morgan fingerprint density at radius 1 is 1.02 bits per heavy atom. The first kappa shape index (κ1) is 31.2. The number of anilines is 2. The van der Waals surface area contributed by atoms with Crippen LogP contribution >= 0.6 is 0 Å². The summed E-state index contributed by atoms with van der Waals surface area (Å²) in [6.45, 7) is 2.49. The number of carbonyl (C=O) groups excluding carboxylic acids is 1. The summed E-state index contributed by atoms with van der Waals surface area (Å²) in [5.74, 6) is -2.06. The van der Waals surface area contributed by atoms with E-state index in [-0.39, 0.29) is 29.9 Å². The highest BCUT2D eigenvalue weighted by molar-refractivity contribution is 5.96. The summed E-state index contributed by atoms with van der Waals surface area (Å²) in [6, 6.07) is 8.86. The molecule has 2 heterocycles. The van der Waals surface area contributed by atoms with Crippen LogP contribution in [0.2, 0.25) is 0 Å². The van der Waals surface area contributed by atoms with Crippen LogP contribution in [0.15, 0.2) is 47.6 Å². The second kappa shape index (κ2) is 12.3. The molecule has 42 heavy (non-hydrogen) atoms. The zero-order chi connectivity index (χ0) is 30.8. The van der Waals surface area contributed by atoms with Crippen molar-refractivity contribution >= 4 is 23.1 Å². The van der Waals surface area contributed by atoms with Gasteiger partial charge < -0.3 is 19.1 Å². The average molecular weight is 606 g/mol. The van der Waals surface area contributed by atoms with Crippen LogP contribution in [-0.2, 0) is 9.53 Å². The number of hydrogen-bond acceptors (Lipinski definition) is 7. The van der Waals surface area contributed by atoms with Gasteiger partial charge >= 0.3 is 18.3 Å². The second-order valence-corrected chi connectivity index (χ2v) is 10.3. The first-order chi connectivity index (χ1) is 19.7. The number of rotatable bonds is 8. The predicted octanol–water partition coefficient (Wildman–Crippen LogP) is 6.37. The molecule has 0 N–H and O–H groups in total. The van der Waals surface area contributed by atoms with Gasteiger partial charge in [0.15, 0.2) is 6.61 Å². The predicted molar refractivity (Wildman–Crippen MR) is 140 cm³/mol. The third-order valence-electron chi connectivity index (χ3n) is 7.31. The van der Waals surface area contributed by atoms with Gasteiger partial charge in [-0.3, -0.25) is 9.80 Å². The van der Waals surface area contributed by atoms with Crippen molar-refractivity contribution in [3.63, 3.8) is 0 Å². The normalized spacial score (nSPS) is 23.0. The maximum atomic E-state index is 14.5. The number of esters is 1. The van der Waals surface area contributed by atoms with Crippen LogP contribution in [0.3, 0.4) is 0 Å². The van der Waals surface area contributed by atoms with Crippen molar-refractivity contribution in [2.75, 3.05) is 36.7 Å². The van der Waals surface area contributed by atoms with Gasteiger partial charge in [-0.15, -0.1) is 0 Å². The minimum atomic E-state index is -4.66. The van der Waals surface area contributed by atoms with Crippen LogP contribution in [-0.4, -0.2) is 63.0 Å². The lowest BCUT2D eigenvalue weighted by atomic mass is 9.94. The summed E-state index contributed by atoms with van der Waals surface area (Å²) in [4.78, 5) is 13.6. The Kier molecular flexibility index (Phi) is 9.12. The molecule has 2 aromatic rings. The van der Waals surface area contributed by atoms with E-state index in [9.17, 15) is 35.5 Å². The smallest absolute Gasteiger partial charge is 0.431 e. The number of methoxy groups -OCH3 is 1. The Morgan fingerprint density at radius 3 is 2.29 bits per heavy atom. The highest BCUT2D eigenvalue weighted by Gasteiger charge is 2.49. The second-order valence-electron chi connectivity index (χ2n) is 10.3. The van der Waals surface area contributed by atoms with Gasteiger partial charge in [-0.1, -0.05) is 13.8 Å². The summed E-state index contributed by atoms with van der Waals surface area (Å²) >= 11 is 0. The lowest BCUT2D eigenvalue weighted by Gasteiger charge is -2.38. The van der Waals surface area contributed by atoms with Crippen molar-refractivity contribution in [1.82, 2.24) is 0 Å². The summed E-state index contributed by atoms with van der Waals surface area (Å²) in [6.07, 6.45) is -9.27. The molecule has 14 heteroatoms. The highest BCUT2D eigenvalue weighted by atomic mass is 19.4. The Bertz CT molecular complexity index is 1280. The van der Waals surface area contributed by atoms with Gasteiger partial charge in [0, 0.05) is 37.4 Å². The van der Waals surface area contributed by atoms with Crippen molar-refractivity contribution in [1.29, 1.82) is 0 Å². The third kappa shape index (κ3) is 7.37. The Morgan fingerprint density at radius 2 is 1.69 bits per heavy atom. The molecular weight excluding hydrogens is 575 g/mol. The monoisotopic (exact) mass is 605 g/mol. The van der Waals surface area contributed by atoms with Crippen LogP contribution in [0.5, 0.6) is 11.5 Å². The fourth-order valence-electron chi connectivity index (χ4n) is 5.12. The van der Waals surface area contributed by atoms with Gasteiger partial charge in [0.1, 0.15) is 29.1 Å². The zero-order valence-electron chi connectivity index (χ0n) is 23.0. The van der Waals surface area contributed by atoms with Gasteiger partial charge in [-0.25, -0.2) is 4.39 Å². The molecule has 4 rings (SSSR count). The molecule has 1 saturated heterocycles. The molecule has 1 fully saturated rings. The molecular formula is C28H30F7N3O4. The van der Waals surface area contributed by atoms with Crippen LogP contribution in [0, 0.1) is 17.7 Å². The molecule has 0 saturated carbocycles. The van der Waals surface area contributed by atoms with Gasteiger partial charge in [0.05, 0.1) is 30.9 Å². The minimum absolute atomic E-state index is 0.0947. The van der Waals surface area contributed by atoms with E-state index in [1.807, 2.05) is 6.92 Å². The van der Waals surface area contributed by atoms with E-state index in [4.69, 9.17) is 9.47 Å². The van der Waals surface area contributed by atoms with E-state index < -0.39 is 48.4 Å². The summed E-state index contributed by atoms with van der Waals surface area (Å²) in [5, 5.41) is 4.96. The lowest BCUT2D eigenvalue weighted by Crippen LogP contribution is -2.44. The third-order valence-corrected chi connectivity index (χ3v) is 7.31. The van der Waals surface area contributed by atoms with E-state index in [0.717, 1.165) is 19.2 Å². The molecule has 2 aliphatic rings. The fourth-order valence-corrected chi connectivity index (χ4v) is 5.12. The summed E-state index contributed by atoms with van der Waals surface area (Å²) < 4.78 is 108. The zero-order valence-corrected chi connectivity index (χ0v) is 23.0. The standard InChI is InChI=1S/C28H30F7N3O4/c1-16-14-37(23-12-20(8-9-21(23)29)41-15-27(30,31)32)11-10-24(16)42-19-6-4-18(5-7-19)38-22(13-25(39)40-3)17(2)26(36-38)28(33,34)35/h4-9,12,16-17,22,24H,10-11,13-15H2,1-3H3/t16-,17+,22+,24-/m1/s1. The van der Waals surface area contributed by atoms with E-state index in [1.165, 1.54) is 18.0 Å². The highest BCUT2D eigenvalue weighted by Crippen LogP contribution is 2.37. The first-order valence-electron chi connectivity index (χ1n) is 13.2. The number of alkyl halides is 6. The molecule has 0 aromatic heterocycles. The van der Waals surface area contributed by atoms with Gasteiger partial charge in [-0.05, 0) is 36.4 Å². The molecule has 0 unspecified atom stereocenters. The number of carbonyl (C=O) groups is 1. The molecule has 0 amide bonds. The molecule has 0 aliphatic carbocycles. The topological polar surface area (TPSA) is 63.6 Å². The van der Waals surface area contributed by atoms with E-state index in [2.05, 4.69) is 9.84 Å². The molecule has 2 aromatic carbocycles. The first-order valence-corrected chi connectivity index (χ1v) is 13.2. The van der Waals surface area contributed by atoms with Crippen LogP contribution in [0.1, 0.15) is 26.7 Å². The Hall–Kier alpha value is -3.71. The van der Waals surface area contributed by atoms with E-state index in [1.54, 1.807) is 29.2 Å². The van der Waals surface area contributed by atoms with Gasteiger partial charge in [0.25, 0.3) is 0 Å². The Balaban J connectivity index is 1.42. The number of benzene rings is 2. The molecule has 7 nitrogen and oxygen atoms in total. The molecule has 0 spiro atoms. The molecule has 0 radical (unpaired) electrons. The van der Waals surface area contributed by atoms with Crippen LogP contribution < -0.4 is 19.4 Å². The molecule has 0 bridgehead atoms. The number of piperidine rings is 1. The lowest BCUT2D eigenvalue weighted by molar-refractivity contribution is -0.153.